The summed E-state index contributed by atoms with van der Waals surface area (Å²) in [6.45, 7) is 0. The zero-order valence-electron chi connectivity index (χ0n) is 12.2. The van der Waals surface area contributed by atoms with Gasteiger partial charge in [-0.1, -0.05) is 73.9 Å². The van der Waals surface area contributed by atoms with Crippen LogP contribution in [0.2, 0.25) is 0 Å². The highest BCUT2D eigenvalue weighted by molar-refractivity contribution is 6.00. The second kappa shape index (κ2) is 5.98. The number of hydrogen-bond acceptors (Lipinski definition) is 2. The molecule has 1 saturated carbocycles. The molecule has 1 aromatic carbocycles. The average Bonchev–Trinajstić information content (AvgIpc) is 2.56. The molecule has 0 heterocycles. The van der Waals surface area contributed by atoms with Crippen molar-refractivity contribution < 1.29 is 9.90 Å². The van der Waals surface area contributed by atoms with Gasteiger partial charge in [0, 0.05) is 5.56 Å². The van der Waals surface area contributed by atoms with Crippen LogP contribution in [-0.2, 0) is 0 Å². The van der Waals surface area contributed by atoms with Gasteiger partial charge in [0.15, 0.2) is 5.78 Å². The maximum Gasteiger partial charge on any atom is 0.172 e. The summed E-state index contributed by atoms with van der Waals surface area (Å²) in [6.07, 6.45) is 13.0. The lowest BCUT2D eigenvalue weighted by Crippen LogP contribution is -2.47. The molecular formula is C19H22O2. The van der Waals surface area contributed by atoms with Gasteiger partial charge in [-0.15, -0.1) is 0 Å². The van der Waals surface area contributed by atoms with Crippen molar-refractivity contribution in [1.29, 1.82) is 0 Å². The van der Waals surface area contributed by atoms with Gasteiger partial charge in [-0.2, -0.15) is 0 Å². The molecule has 0 spiro atoms. The Morgan fingerprint density at radius 1 is 1.05 bits per heavy atom. The van der Waals surface area contributed by atoms with Gasteiger partial charge < -0.3 is 5.11 Å². The first kappa shape index (κ1) is 14.3. The van der Waals surface area contributed by atoms with Crippen molar-refractivity contribution in [2.75, 3.05) is 0 Å². The van der Waals surface area contributed by atoms with Crippen LogP contribution in [0.3, 0.4) is 0 Å². The second-order valence-corrected chi connectivity index (χ2v) is 6.17. The Hall–Kier alpha value is -1.67. The van der Waals surface area contributed by atoms with Crippen LogP contribution in [0.4, 0.5) is 0 Å². The standard InChI is InChI=1S/C19H22O2/c20-18(15-9-3-1-4-10-15)17-13-7-8-14-19(17,21)16-11-5-2-6-12-16/h1,3-4,7-10,13-14,16-17,21H,2,5-6,11-12H2. The van der Waals surface area contributed by atoms with Gasteiger partial charge in [-0.3, -0.25) is 4.79 Å². The van der Waals surface area contributed by atoms with Crippen molar-refractivity contribution in [3.8, 4) is 0 Å². The molecule has 2 heteroatoms. The van der Waals surface area contributed by atoms with E-state index in [4.69, 9.17) is 0 Å². The van der Waals surface area contributed by atoms with Gasteiger partial charge in [0.05, 0.1) is 11.5 Å². The van der Waals surface area contributed by atoms with E-state index in [1.54, 1.807) is 0 Å². The minimum atomic E-state index is -1.03. The zero-order valence-corrected chi connectivity index (χ0v) is 12.2. The van der Waals surface area contributed by atoms with Crippen molar-refractivity contribution >= 4 is 5.78 Å². The molecule has 2 unspecified atom stereocenters. The monoisotopic (exact) mass is 282 g/mol. The molecule has 1 N–H and O–H groups in total. The third-order valence-electron chi connectivity index (χ3n) is 4.88. The number of benzene rings is 1. The van der Waals surface area contributed by atoms with E-state index < -0.39 is 11.5 Å². The van der Waals surface area contributed by atoms with Crippen LogP contribution in [0.1, 0.15) is 42.5 Å². The van der Waals surface area contributed by atoms with Crippen molar-refractivity contribution in [2.45, 2.75) is 37.7 Å². The van der Waals surface area contributed by atoms with E-state index in [0.717, 1.165) is 25.7 Å². The first-order chi connectivity index (χ1) is 10.2. The third kappa shape index (κ3) is 2.73. The maximum atomic E-state index is 12.8. The number of rotatable bonds is 3. The van der Waals surface area contributed by atoms with E-state index in [9.17, 15) is 9.90 Å². The van der Waals surface area contributed by atoms with Gasteiger partial charge in [-0.05, 0) is 18.8 Å². The molecule has 2 aliphatic carbocycles. The van der Waals surface area contributed by atoms with Crippen molar-refractivity contribution in [3.05, 3.63) is 60.2 Å². The normalized spacial score (nSPS) is 29.5. The van der Waals surface area contributed by atoms with E-state index in [2.05, 4.69) is 0 Å². The van der Waals surface area contributed by atoms with Crippen molar-refractivity contribution in [2.24, 2.45) is 11.8 Å². The Kier molecular flexibility index (Phi) is 4.07. The Bertz CT molecular complexity index is 552. The summed E-state index contributed by atoms with van der Waals surface area (Å²) < 4.78 is 0. The third-order valence-corrected chi connectivity index (χ3v) is 4.88. The molecule has 0 amide bonds. The van der Waals surface area contributed by atoms with Gasteiger partial charge in [-0.25, -0.2) is 0 Å². The summed E-state index contributed by atoms with van der Waals surface area (Å²) in [7, 11) is 0. The molecule has 1 fully saturated rings. The molecule has 2 aliphatic rings. The second-order valence-electron chi connectivity index (χ2n) is 6.17. The lowest BCUT2D eigenvalue weighted by Gasteiger charge is -2.41. The number of carbonyl (C=O) groups excluding carboxylic acids is 1. The Balaban J connectivity index is 1.90. The van der Waals surface area contributed by atoms with Crippen molar-refractivity contribution in [3.63, 3.8) is 0 Å². The Morgan fingerprint density at radius 3 is 2.48 bits per heavy atom. The fraction of sp³-hybridized carbons (Fsp3) is 0.421. The van der Waals surface area contributed by atoms with Gasteiger partial charge in [0.2, 0.25) is 0 Å². The summed E-state index contributed by atoms with van der Waals surface area (Å²) in [4.78, 5) is 12.8. The van der Waals surface area contributed by atoms with Crippen LogP contribution in [-0.4, -0.2) is 16.5 Å². The highest BCUT2D eigenvalue weighted by Crippen LogP contribution is 2.41. The van der Waals surface area contributed by atoms with E-state index in [0.29, 0.717) is 5.56 Å². The quantitative estimate of drug-likeness (QED) is 0.853. The largest absolute Gasteiger partial charge is 0.384 e. The molecule has 0 radical (unpaired) electrons. The number of carbonyl (C=O) groups is 1. The summed E-state index contributed by atoms with van der Waals surface area (Å²) in [6, 6.07) is 9.30. The van der Waals surface area contributed by atoms with E-state index in [1.807, 2.05) is 54.6 Å². The fourth-order valence-corrected chi connectivity index (χ4v) is 3.68. The maximum absolute atomic E-state index is 12.8. The van der Waals surface area contributed by atoms with Gasteiger partial charge in [0.1, 0.15) is 0 Å². The Labute approximate surface area is 126 Å². The summed E-state index contributed by atoms with van der Waals surface area (Å²) in [5.41, 5.74) is -0.348. The van der Waals surface area contributed by atoms with E-state index >= 15 is 0 Å². The molecule has 21 heavy (non-hydrogen) atoms. The molecule has 1 aromatic rings. The minimum absolute atomic E-state index is 0.0178. The number of ketones is 1. The number of hydrogen-bond donors (Lipinski definition) is 1. The van der Waals surface area contributed by atoms with Crippen LogP contribution in [0, 0.1) is 11.8 Å². The smallest absolute Gasteiger partial charge is 0.172 e. The summed E-state index contributed by atoms with van der Waals surface area (Å²) in [5.74, 6) is -0.262. The number of Topliss-reactive ketones (excluding diaryl/α,β-unsaturated/α-hetero) is 1. The highest BCUT2D eigenvalue weighted by Gasteiger charge is 2.45. The SMILES string of the molecule is O=C(c1ccccc1)C1C=CC=CC1(O)C1CCCCC1. The molecule has 2 nitrogen and oxygen atoms in total. The predicted molar refractivity (Wildman–Crippen MR) is 84.1 cm³/mol. The highest BCUT2D eigenvalue weighted by atomic mass is 16.3. The summed E-state index contributed by atoms with van der Waals surface area (Å²) in [5, 5.41) is 11.2. The lowest BCUT2D eigenvalue weighted by atomic mass is 9.67. The zero-order chi connectivity index (χ0) is 14.7. The van der Waals surface area contributed by atoms with Crippen LogP contribution in [0.25, 0.3) is 0 Å². The van der Waals surface area contributed by atoms with E-state index in [-0.39, 0.29) is 11.7 Å². The fourth-order valence-electron chi connectivity index (χ4n) is 3.68. The molecule has 0 aliphatic heterocycles. The molecule has 3 rings (SSSR count). The summed E-state index contributed by atoms with van der Waals surface area (Å²) >= 11 is 0. The number of aliphatic hydroxyl groups is 1. The Morgan fingerprint density at radius 2 is 1.76 bits per heavy atom. The minimum Gasteiger partial charge on any atom is -0.384 e. The first-order valence-electron chi connectivity index (χ1n) is 7.89. The van der Waals surface area contributed by atoms with E-state index in [1.165, 1.54) is 6.42 Å². The first-order valence-corrected chi connectivity index (χ1v) is 7.89. The van der Waals surface area contributed by atoms with Crippen LogP contribution >= 0.6 is 0 Å². The van der Waals surface area contributed by atoms with Gasteiger partial charge in [0.25, 0.3) is 0 Å². The molecule has 2 atom stereocenters. The molecule has 110 valence electrons. The van der Waals surface area contributed by atoms with Crippen LogP contribution in [0.15, 0.2) is 54.6 Å². The molecule has 0 bridgehead atoms. The van der Waals surface area contributed by atoms with Crippen molar-refractivity contribution in [1.82, 2.24) is 0 Å². The lowest BCUT2D eigenvalue weighted by molar-refractivity contribution is -0.0183. The molecular weight excluding hydrogens is 260 g/mol. The average molecular weight is 282 g/mol. The van der Waals surface area contributed by atoms with Crippen LogP contribution in [0.5, 0.6) is 0 Å². The predicted octanol–water partition coefficient (Wildman–Crippen LogP) is 3.92. The topological polar surface area (TPSA) is 37.3 Å². The van der Waals surface area contributed by atoms with Crippen LogP contribution < -0.4 is 0 Å². The molecule has 0 aromatic heterocycles. The van der Waals surface area contributed by atoms with Gasteiger partial charge >= 0.3 is 0 Å². The number of allylic oxidation sites excluding steroid dienone is 2. The molecule has 0 saturated heterocycles.